The van der Waals surface area contributed by atoms with Crippen molar-refractivity contribution in [1.29, 1.82) is 0 Å². The van der Waals surface area contributed by atoms with Gasteiger partial charge in [0, 0.05) is 12.8 Å². The van der Waals surface area contributed by atoms with E-state index in [1.807, 2.05) is 0 Å². The first-order chi connectivity index (χ1) is 21.6. The van der Waals surface area contributed by atoms with E-state index < -0.39 is 6.10 Å². The van der Waals surface area contributed by atoms with Crippen LogP contribution in [0, 0.1) is 0 Å². The van der Waals surface area contributed by atoms with Crippen molar-refractivity contribution in [2.75, 3.05) is 13.2 Å². The summed E-state index contributed by atoms with van der Waals surface area (Å²) >= 11 is 0. The number of aliphatic hydroxyl groups excluding tert-OH is 1. The molecule has 0 fully saturated rings. The molecule has 1 atom stereocenters. The largest absolute Gasteiger partial charge is 0.462 e. The Morgan fingerprint density at radius 1 is 0.523 bits per heavy atom. The van der Waals surface area contributed by atoms with E-state index in [1.165, 1.54) is 103 Å². The smallest absolute Gasteiger partial charge is 0.306 e. The van der Waals surface area contributed by atoms with Crippen molar-refractivity contribution in [2.24, 2.45) is 0 Å². The zero-order chi connectivity index (χ0) is 32.2. The normalized spacial score (nSPS) is 12.5. The van der Waals surface area contributed by atoms with E-state index in [4.69, 9.17) is 9.47 Å². The van der Waals surface area contributed by atoms with Crippen LogP contribution in [0.5, 0.6) is 0 Å². The van der Waals surface area contributed by atoms with Crippen molar-refractivity contribution < 1.29 is 24.2 Å². The summed E-state index contributed by atoms with van der Waals surface area (Å²) < 4.78 is 10.6. The van der Waals surface area contributed by atoms with E-state index in [0.717, 1.165) is 51.4 Å². The van der Waals surface area contributed by atoms with Crippen LogP contribution < -0.4 is 0 Å². The average molecular weight is 619 g/mol. The molecular weight excluding hydrogens is 548 g/mol. The van der Waals surface area contributed by atoms with Crippen LogP contribution in [0.2, 0.25) is 0 Å². The molecule has 0 aliphatic heterocycles. The fourth-order valence-corrected chi connectivity index (χ4v) is 5.09. The number of ether oxygens (including phenoxy) is 2. The molecule has 0 aromatic rings. The lowest BCUT2D eigenvalue weighted by molar-refractivity contribution is -0.161. The maximum atomic E-state index is 12.1. The number of aliphatic hydroxyl groups is 1. The minimum atomic E-state index is -0.787. The average Bonchev–Trinajstić information content (AvgIpc) is 3.02. The first kappa shape index (κ1) is 42.1. The lowest BCUT2D eigenvalue weighted by Crippen LogP contribution is -2.28. The first-order valence-electron chi connectivity index (χ1n) is 18.5. The van der Waals surface area contributed by atoms with Crippen molar-refractivity contribution in [3.8, 4) is 0 Å². The van der Waals surface area contributed by atoms with E-state index in [-0.39, 0.29) is 25.2 Å². The van der Waals surface area contributed by atoms with E-state index in [9.17, 15) is 14.7 Å². The van der Waals surface area contributed by atoms with Crippen LogP contribution in [-0.4, -0.2) is 36.4 Å². The highest BCUT2D eigenvalue weighted by molar-refractivity contribution is 5.70. The second-order valence-electron chi connectivity index (χ2n) is 12.3. The second kappa shape index (κ2) is 35.6. The van der Waals surface area contributed by atoms with Crippen molar-refractivity contribution >= 4 is 11.9 Å². The van der Waals surface area contributed by atoms with Gasteiger partial charge in [-0.25, -0.2) is 0 Å². The Labute approximate surface area is 272 Å². The first-order valence-corrected chi connectivity index (χ1v) is 18.5. The molecule has 0 amide bonds. The molecule has 0 saturated heterocycles. The zero-order valence-electron chi connectivity index (χ0n) is 28.9. The van der Waals surface area contributed by atoms with E-state index >= 15 is 0 Å². The second-order valence-corrected chi connectivity index (χ2v) is 12.3. The maximum absolute atomic E-state index is 12.1. The van der Waals surface area contributed by atoms with Crippen LogP contribution in [0.15, 0.2) is 36.5 Å². The lowest BCUT2D eigenvalue weighted by atomic mass is 10.0. The van der Waals surface area contributed by atoms with Gasteiger partial charge in [-0.2, -0.15) is 0 Å². The highest BCUT2D eigenvalue weighted by Crippen LogP contribution is 2.14. The molecule has 0 aromatic heterocycles. The molecule has 256 valence electrons. The van der Waals surface area contributed by atoms with Gasteiger partial charge in [-0.15, -0.1) is 0 Å². The minimum Gasteiger partial charge on any atom is -0.462 e. The van der Waals surface area contributed by atoms with Gasteiger partial charge in [-0.1, -0.05) is 153 Å². The summed E-state index contributed by atoms with van der Waals surface area (Å²) in [5.74, 6) is -0.633. The van der Waals surface area contributed by atoms with Gasteiger partial charge in [-0.05, 0) is 51.4 Å². The van der Waals surface area contributed by atoms with Crippen LogP contribution in [0.3, 0.4) is 0 Å². The molecule has 0 saturated carbocycles. The Bertz CT molecular complexity index is 711. The molecule has 0 unspecified atom stereocenters. The van der Waals surface area contributed by atoms with Crippen molar-refractivity contribution in [2.45, 2.75) is 187 Å². The summed E-state index contributed by atoms with van der Waals surface area (Å²) in [7, 11) is 0. The third kappa shape index (κ3) is 33.0. The number of carbonyl (C=O) groups excluding carboxylic acids is 2. The highest BCUT2D eigenvalue weighted by atomic mass is 16.6. The third-order valence-corrected chi connectivity index (χ3v) is 7.94. The third-order valence-electron chi connectivity index (χ3n) is 7.94. The van der Waals surface area contributed by atoms with E-state index in [1.54, 1.807) is 0 Å². The standard InChI is InChI=1S/C39H70O5/c1-3-5-7-9-11-13-15-17-19-21-23-25-27-29-31-33-38(41)43-36-37(35-40)44-39(42)34-32-30-28-26-24-22-20-18-16-14-12-10-8-6-4-2/h12,14,18,20,24,26,37,40H,3-11,13,15-17,19,21-23,25,27-36H2,1-2H3/b14-12-,20-18-,26-24-/t37-/m0/s1. The SMILES string of the molecule is CCCCC/C=C\C/C=C\C/C=C\CCCCC(=O)O[C@@H](CO)COC(=O)CCCCCCCCCCCCCCCCC. The topological polar surface area (TPSA) is 72.8 Å². The molecule has 0 rings (SSSR count). The summed E-state index contributed by atoms with van der Waals surface area (Å²) in [6, 6.07) is 0. The number of hydrogen-bond donors (Lipinski definition) is 1. The zero-order valence-corrected chi connectivity index (χ0v) is 28.9. The van der Waals surface area contributed by atoms with Gasteiger partial charge in [0.2, 0.25) is 0 Å². The number of unbranched alkanes of at least 4 members (excludes halogenated alkanes) is 19. The number of hydrogen-bond acceptors (Lipinski definition) is 5. The molecule has 0 radical (unpaired) electrons. The summed E-state index contributed by atoms with van der Waals surface area (Å²) in [5.41, 5.74) is 0. The molecule has 5 heteroatoms. The summed E-state index contributed by atoms with van der Waals surface area (Å²) in [5, 5.41) is 9.52. The van der Waals surface area contributed by atoms with Gasteiger partial charge < -0.3 is 14.6 Å². The van der Waals surface area contributed by atoms with Crippen LogP contribution in [0.4, 0.5) is 0 Å². The predicted molar refractivity (Wildman–Crippen MR) is 187 cm³/mol. The minimum absolute atomic E-state index is 0.0787. The van der Waals surface area contributed by atoms with Crippen LogP contribution in [-0.2, 0) is 19.1 Å². The molecule has 0 bridgehead atoms. The number of rotatable bonds is 33. The van der Waals surface area contributed by atoms with Gasteiger partial charge in [0.1, 0.15) is 6.61 Å². The number of carbonyl (C=O) groups is 2. The molecule has 0 spiro atoms. The molecule has 0 aromatic carbocycles. The van der Waals surface area contributed by atoms with Gasteiger partial charge in [-0.3, -0.25) is 9.59 Å². The quantitative estimate of drug-likeness (QED) is 0.0450. The maximum Gasteiger partial charge on any atom is 0.306 e. The van der Waals surface area contributed by atoms with Gasteiger partial charge >= 0.3 is 11.9 Å². The Hall–Kier alpha value is -1.88. The van der Waals surface area contributed by atoms with Crippen molar-refractivity contribution in [1.82, 2.24) is 0 Å². The molecular formula is C39H70O5. The Morgan fingerprint density at radius 3 is 1.41 bits per heavy atom. The van der Waals surface area contributed by atoms with Crippen LogP contribution >= 0.6 is 0 Å². The monoisotopic (exact) mass is 619 g/mol. The molecule has 0 aliphatic carbocycles. The molecule has 5 nitrogen and oxygen atoms in total. The van der Waals surface area contributed by atoms with Crippen molar-refractivity contribution in [3.63, 3.8) is 0 Å². The summed E-state index contributed by atoms with van der Waals surface area (Å²) in [4.78, 5) is 24.2. The molecule has 0 aliphatic rings. The Kier molecular flexibility index (Phi) is 34.1. The van der Waals surface area contributed by atoms with Gasteiger partial charge in [0.05, 0.1) is 6.61 Å². The fourth-order valence-electron chi connectivity index (χ4n) is 5.09. The van der Waals surface area contributed by atoms with Crippen LogP contribution in [0.1, 0.15) is 181 Å². The van der Waals surface area contributed by atoms with Crippen molar-refractivity contribution in [3.05, 3.63) is 36.5 Å². The van der Waals surface area contributed by atoms with Gasteiger partial charge in [0.25, 0.3) is 0 Å². The fraction of sp³-hybridized carbons (Fsp3) is 0.795. The number of esters is 2. The van der Waals surface area contributed by atoms with Crippen LogP contribution in [0.25, 0.3) is 0 Å². The van der Waals surface area contributed by atoms with Gasteiger partial charge in [0.15, 0.2) is 6.10 Å². The number of allylic oxidation sites excluding steroid dienone is 6. The summed E-state index contributed by atoms with van der Waals surface area (Å²) in [6.07, 6.45) is 42.0. The molecule has 0 heterocycles. The predicted octanol–water partition coefficient (Wildman–Crippen LogP) is 11.3. The lowest BCUT2D eigenvalue weighted by Gasteiger charge is -2.15. The Balaban J connectivity index is 3.62. The highest BCUT2D eigenvalue weighted by Gasteiger charge is 2.16. The van der Waals surface area contributed by atoms with E-state index in [2.05, 4.69) is 50.3 Å². The Morgan fingerprint density at radius 2 is 0.909 bits per heavy atom. The molecule has 44 heavy (non-hydrogen) atoms. The molecule has 1 N–H and O–H groups in total. The summed E-state index contributed by atoms with van der Waals surface area (Å²) in [6.45, 7) is 4.07. The van der Waals surface area contributed by atoms with E-state index in [0.29, 0.717) is 12.8 Å².